The van der Waals surface area contributed by atoms with Crippen molar-refractivity contribution >= 4 is 17.5 Å². The lowest BCUT2D eigenvalue weighted by Crippen LogP contribution is -2.70. The standard InChI is InChI=1S/C25H32F2O5/c1-5-6-21(31)32-24(14(2)28)10-8-16-17-12-19(26)18-11-15(29)7-9-22(18,3)25(17,27)20(30)13-23(16,24)4/h7,9,11,16-17,19-20,30H,5-6,8,10,12-13H2,1-4H3/t16-,17-,19-,20-,22-,23-,24-,25-/m0/s1. The van der Waals surface area contributed by atoms with Crippen LogP contribution in [0.3, 0.4) is 0 Å². The van der Waals surface area contributed by atoms with Crippen LogP contribution in [0.1, 0.15) is 66.2 Å². The first-order valence-electron chi connectivity index (χ1n) is 11.6. The van der Waals surface area contributed by atoms with Crippen LogP contribution in [0.2, 0.25) is 0 Å². The van der Waals surface area contributed by atoms with Crippen molar-refractivity contribution in [2.45, 2.75) is 89.8 Å². The largest absolute Gasteiger partial charge is 0.450 e. The summed E-state index contributed by atoms with van der Waals surface area (Å²) in [5.41, 5.74) is -6.09. The van der Waals surface area contributed by atoms with Gasteiger partial charge in [0.25, 0.3) is 0 Å². The van der Waals surface area contributed by atoms with Crippen molar-refractivity contribution in [3.63, 3.8) is 0 Å². The number of hydrogen-bond donors (Lipinski definition) is 1. The maximum atomic E-state index is 17.1. The fourth-order valence-electron chi connectivity index (χ4n) is 7.46. The number of carbonyl (C=O) groups excluding carboxylic acids is 3. The minimum absolute atomic E-state index is 0.0663. The van der Waals surface area contributed by atoms with Crippen LogP contribution in [-0.4, -0.2) is 46.2 Å². The number of allylic oxidation sites excluding steroid dienone is 4. The number of halogens is 2. The topological polar surface area (TPSA) is 80.7 Å². The van der Waals surface area contributed by atoms with Gasteiger partial charge in [0, 0.05) is 23.2 Å². The molecule has 8 atom stereocenters. The molecule has 4 aliphatic carbocycles. The number of aliphatic hydroxyl groups is 1. The van der Waals surface area contributed by atoms with Crippen LogP contribution in [-0.2, 0) is 19.1 Å². The molecule has 0 aliphatic heterocycles. The van der Waals surface area contributed by atoms with E-state index in [0.717, 1.165) is 6.08 Å². The van der Waals surface area contributed by atoms with Crippen molar-refractivity contribution in [3.8, 4) is 0 Å². The van der Waals surface area contributed by atoms with Crippen LogP contribution in [0, 0.1) is 22.7 Å². The normalized spacial score (nSPS) is 47.2. The average molecular weight is 451 g/mol. The molecule has 176 valence electrons. The Morgan fingerprint density at radius 2 is 1.97 bits per heavy atom. The zero-order valence-corrected chi connectivity index (χ0v) is 19.1. The number of fused-ring (bicyclic) bond motifs is 5. The second-order valence-electron chi connectivity index (χ2n) is 10.5. The minimum atomic E-state index is -2.21. The van der Waals surface area contributed by atoms with E-state index in [2.05, 4.69) is 0 Å². The predicted molar refractivity (Wildman–Crippen MR) is 113 cm³/mol. The van der Waals surface area contributed by atoms with E-state index < -0.39 is 58.0 Å². The Labute approximate surface area is 187 Å². The predicted octanol–water partition coefficient (Wildman–Crippen LogP) is 3.98. The fourth-order valence-corrected chi connectivity index (χ4v) is 7.46. The molecule has 4 aliphatic rings. The molecule has 0 radical (unpaired) electrons. The molecule has 0 spiro atoms. The Morgan fingerprint density at radius 3 is 2.59 bits per heavy atom. The van der Waals surface area contributed by atoms with Crippen molar-refractivity contribution in [1.82, 2.24) is 0 Å². The summed E-state index contributed by atoms with van der Waals surface area (Å²) in [4.78, 5) is 37.3. The van der Waals surface area contributed by atoms with Gasteiger partial charge in [-0.3, -0.25) is 14.4 Å². The van der Waals surface area contributed by atoms with Gasteiger partial charge in [0.05, 0.1) is 6.10 Å². The van der Waals surface area contributed by atoms with Gasteiger partial charge in [0.1, 0.15) is 6.17 Å². The lowest BCUT2D eigenvalue weighted by atomic mass is 9.44. The summed E-state index contributed by atoms with van der Waals surface area (Å²) in [5.74, 6) is -2.56. The molecule has 0 saturated heterocycles. The van der Waals surface area contributed by atoms with E-state index in [4.69, 9.17) is 4.74 Å². The average Bonchev–Trinajstić information content (AvgIpc) is 2.99. The number of alkyl halides is 2. The summed E-state index contributed by atoms with van der Waals surface area (Å²) in [5, 5.41) is 11.3. The van der Waals surface area contributed by atoms with Crippen LogP contribution in [0.5, 0.6) is 0 Å². The van der Waals surface area contributed by atoms with Crippen LogP contribution in [0.4, 0.5) is 8.78 Å². The van der Waals surface area contributed by atoms with E-state index in [1.807, 2.05) is 6.92 Å². The summed E-state index contributed by atoms with van der Waals surface area (Å²) in [6.45, 7) is 6.52. The molecule has 3 saturated carbocycles. The number of hydrogen-bond acceptors (Lipinski definition) is 5. The van der Waals surface area contributed by atoms with Gasteiger partial charge in [0.2, 0.25) is 0 Å². The Balaban J connectivity index is 1.81. The highest BCUT2D eigenvalue weighted by Crippen LogP contribution is 2.70. The number of carbonyl (C=O) groups is 3. The second kappa shape index (κ2) is 7.31. The summed E-state index contributed by atoms with van der Waals surface area (Å²) >= 11 is 0. The summed E-state index contributed by atoms with van der Waals surface area (Å²) < 4.78 is 38.3. The molecule has 5 nitrogen and oxygen atoms in total. The van der Waals surface area contributed by atoms with Gasteiger partial charge in [-0.2, -0.15) is 0 Å². The SMILES string of the molecule is CCCC(=O)O[C@]1(C(C)=O)CC[C@H]2[C@@H]3C[C@H](F)C4=CC(=O)C=C[C@]4(C)[C@@]3(F)[C@@H](O)C[C@@]21C. The zero-order valence-electron chi connectivity index (χ0n) is 19.1. The third-order valence-electron chi connectivity index (χ3n) is 9.06. The smallest absolute Gasteiger partial charge is 0.306 e. The number of esters is 1. The molecule has 7 heteroatoms. The molecular weight excluding hydrogens is 418 g/mol. The van der Waals surface area contributed by atoms with E-state index in [1.54, 1.807) is 13.8 Å². The first-order valence-corrected chi connectivity index (χ1v) is 11.6. The van der Waals surface area contributed by atoms with E-state index in [-0.39, 0.29) is 37.0 Å². The van der Waals surface area contributed by atoms with Crippen LogP contribution in [0.15, 0.2) is 23.8 Å². The summed E-state index contributed by atoms with van der Waals surface area (Å²) in [6, 6.07) is 0. The van der Waals surface area contributed by atoms with E-state index in [1.165, 1.54) is 19.1 Å². The second-order valence-corrected chi connectivity index (χ2v) is 10.5. The molecule has 0 aromatic rings. The quantitative estimate of drug-likeness (QED) is 0.656. The summed E-state index contributed by atoms with van der Waals surface area (Å²) in [7, 11) is 0. The molecule has 0 bridgehead atoms. The van der Waals surface area contributed by atoms with Crippen LogP contribution in [0.25, 0.3) is 0 Å². The van der Waals surface area contributed by atoms with Gasteiger partial charge >= 0.3 is 5.97 Å². The number of aliphatic hydroxyl groups excluding tert-OH is 1. The highest BCUT2D eigenvalue weighted by atomic mass is 19.1. The van der Waals surface area contributed by atoms with Crippen molar-refractivity contribution in [3.05, 3.63) is 23.8 Å². The van der Waals surface area contributed by atoms with E-state index in [0.29, 0.717) is 12.8 Å². The maximum absolute atomic E-state index is 17.1. The van der Waals surface area contributed by atoms with Crippen molar-refractivity contribution in [2.24, 2.45) is 22.7 Å². The molecule has 3 fully saturated rings. The number of rotatable bonds is 4. The molecule has 1 N–H and O–H groups in total. The van der Waals surface area contributed by atoms with Crippen molar-refractivity contribution < 1.29 is 33.0 Å². The van der Waals surface area contributed by atoms with Gasteiger partial charge in [0.15, 0.2) is 22.8 Å². The van der Waals surface area contributed by atoms with Crippen molar-refractivity contribution in [1.29, 1.82) is 0 Å². The Kier molecular flexibility index (Phi) is 5.31. The minimum Gasteiger partial charge on any atom is -0.450 e. The lowest BCUT2D eigenvalue weighted by Gasteiger charge is -2.63. The molecule has 0 amide bonds. The number of ketones is 2. The Bertz CT molecular complexity index is 927. The fraction of sp³-hybridized carbons (Fsp3) is 0.720. The number of Topliss-reactive ketones (excluding diaryl/α,β-unsaturated/α-hetero) is 1. The Morgan fingerprint density at radius 1 is 1.28 bits per heavy atom. The van der Waals surface area contributed by atoms with Gasteiger partial charge in [-0.15, -0.1) is 0 Å². The Hall–Kier alpha value is -1.89. The molecule has 4 rings (SSSR count). The number of ether oxygens (including phenoxy) is 1. The summed E-state index contributed by atoms with van der Waals surface area (Å²) in [6.07, 6.45) is 1.79. The molecule has 0 aromatic carbocycles. The highest BCUT2D eigenvalue weighted by molar-refractivity contribution is 6.01. The third kappa shape index (κ3) is 2.72. The van der Waals surface area contributed by atoms with Crippen molar-refractivity contribution in [2.75, 3.05) is 0 Å². The maximum Gasteiger partial charge on any atom is 0.306 e. The van der Waals surface area contributed by atoms with Gasteiger partial charge in [-0.05, 0) is 69.6 Å². The van der Waals surface area contributed by atoms with Crippen LogP contribution < -0.4 is 0 Å². The van der Waals surface area contributed by atoms with Gasteiger partial charge in [-0.1, -0.05) is 19.9 Å². The first kappa shape index (κ1) is 23.3. The van der Waals surface area contributed by atoms with E-state index >= 15 is 8.78 Å². The molecule has 0 aromatic heterocycles. The molecular formula is C25H32F2O5. The lowest BCUT2D eigenvalue weighted by molar-refractivity contribution is -0.228. The third-order valence-corrected chi connectivity index (χ3v) is 9.06. The molecule has 32 heavy (non-hydrogen) atoms. The molecule has 0 unspecified atom stereocenters. The first-order chi connectivity index (χ1) is 14.9. The van der Waals surface area contributed by atoms with Gasteiger partial charge in [-0.25, -0.2) is 8.78 Å². The molecule has 0 heterocycles. The highest BCUT2D eigenvalue weighted by Gasteiger charge is 2.76. The van der Waals surface area contributed by atoms with Crippen LogP contribution >= 0.6 is 0 Å². The van der Waals surface area contributed by atoms with Gasteiger partial charge < -0.3 is 9.84 Å². The van der Waals surface area contributed by atoms with E-state index in [9.17, 15) is 19.5 Å². The monoisotopic (exact) mass is 450 g/mol. The zero-order chi connectivity index (χ0) is 23.7.